The summed E-state index contributed by atoms with van der Waals surface area (Å²) in [6, 6.07) is 0.165. The van der Waals surface area contributed by atoms with Crippen LogP contribution < -0.4 is 0 Å². The Morgan fingerprint density at radius 3 is 2.50 bits per heavy atom. The van der Waals surface area contributed by atoms with Gasteiger partial charge in [0.15, 0.2) is 0 Å². The third-order valence-corrected chi connectivity index (χ3v) is 4.45. The molecule has 0 aromatic rings. The second kappa shape index (κ2) is 6.33. The molecule has 1 aliphatic heterocycles. The van der Waals surface area contributed by atoms with E-state index >= 15 is 0 Å². The minimum atomic E-state index is -0.452. The fraction of sp³-hybridized carbons (Fsp3) is 0.938. The van der Waals surface area contributed by atoms with Gasteiger partial charge >= 0.3 is 6.09 Å². The summed E-state index contributed by atoms with van der Waals surface area (Å²) < 4.78 is 5.51. The van der Waals surface area contributed by atoms with E-state index in [1.165, 1.54) is 12.8 Å². The van der Waals surface area contributed by atoms with Crippen LogP contribution in [0.3, 0.4) is 0 Å². The van der Waals surface area contributed by atoms with E-state index in [-0.39, 0.29) is 24.2 Å². The summed E-state index contributed by atoms with van der Waals surface area (Å²) in [5.41, 5.74) is -0.452. The minimum Gasteiger partial charge on any atom is -0.444 e. The number of aliphatic hydroxyl groups excluding tert-OH is 1. The van der Waals surface area contributed by atoms with Gasteiger partial charge < -0.3 is 14.7 Å². The molecule has 4 nitrogen and oxygen atoms in total. The van der Waals surface area contributed by atoms with Gasteiger partial charge in [-0.15, -0.1) is 0 Å². The Hall–Kier alpha value is -0.770. The molecule has 1 saturated carbocycles. The van der Waals surface area contributed by atoms with E-state index in [1.807, 2.05) is 25.7 Å². The number of rotatable bonds is 1. The summed E-state index contributed by atoms with van der Waals surface area (Å²) in [6.45, 7) is 6.46. The number of carbonyl (C=O) groups excluding carboxylic acids is 1. The summed E-state index contributed by atoms with van der Waals surface area (Å²) in [5, 5.41) is 10.4. The summed E-state index contributed by atoms with van der Waals surface area (Å²) in [6.07, 6.45) is 6.94. The molecular weight excluding hydrogens is 254 g/mol. The van der Waals surface area contributed by atoms with Gasteiger partial charge in [0.05, 0.1) is 6.10 Å². The Labute approximate surface area is 122 Å². The van der Waals surface area contributed by atoms with Crippen molar-refractivity contribution in [2.45, 2.75) is 83.5 Å². The smallest absolute Gasteiger partial charge is 0.410 e. The number of nitrogens with zero attached hydrogens (tertiary/aromatic N) is 1. The fourth-order valence-electron chi connectivity index (χ4n) is 3.55. The molecule has 116 valence electrons. The van der Waals surface area contributed by atoms with Gasteiger partial charge in [0.25, 0.3) is 0 Å². The van der Waals surface area contributed by atoms with Crippen LogP contribution >= 0.6 is 0 Å². The Bertz CT molecular complexity index is 337. The molecule has 1 amide bonds. The second-order valence-electron chi connectivity index (χ2n) is 7.25. The van der Waals surface area contributed by atoms with Gasteiger partial charge in [0.1, 0.15) is 5.60 Å². The SMILES string of the molecule is CC(C)(C)OC(=O)N1CCCC1C1CCCCCC1O. The number of likely N-dealkylation sites (tertiary alicyclic amines) is 1. The molecule has 2 fully saturated rings. The van der Waals surface area contributed by atoms with Crippen molar-refractivity contribution < 1.29 is 14.6 Å². The summed E-state index contributed by atoms with van der Waals surface area (Å²) in [7, 11) is 0. The van der Waals surface area contributed by atoms with Gasteiger partial charge in [-0.1, -0.05) is 19.3 Å². The molecule has 0 spiro atoms. The van der Waals surface area contributed by atoms with E-state index in [0.29, 0.717) is 0 Å². The minimum absolute atomic E-state index is 0.165. The fourth-order valence-corrected chi connectivity index (χ4v) is 3.55. The van der Waals surface area contributed by atoms with Crippen molar-refractivity contribution in [1.82, 2.24) is 4.90 Å². The van der Waals surface area contributed by atoms with Crippen molar-refractivity contribution in [1.29, 1.82) is 0 Å². The zero-order chi connectivity index (χ0) is 14.8. The Kier molecular flexibility index (Phi) is 4.95. The quantitative estimate of drug-likeness (QED) is 0.751. The molecule has 20 heavy (non-hydrogen) atoms. The van der Waals surface area contributed by atoms with Crippen molar-refractivity contribution in [2.75, 3.05) is 6.54 Å². The number of ether oxygens (including phenoxy) is 1. The Morgan fingerprint density at radius 2 is 1.80 bits per heavy atom. The lowest BCUT2D eigenvalue weighted by Gasteiger charge is -2.34. The molecule has 0 bridgehead atoms. The maximum atomic E-state index is 12.3. The molecule has 4 heteroatoms. The van der Waals surface area contributed by atoms with Gasteiger partial charge in [0.2, 0.25) is 0 Å². The van der Waals surface area contributed by atoms with Crippen LogP contribution in [0.4, 0.5) is 4.79 Å². The van der Waals surface area contributed by atoms with Gasteiger partial charge in [-0.05, 0) is 46.5 Å². The van der Waals surface area contributed by atoms with E-state index in [0.717, 1.165) is 38.6 Å². The molecule has 0 radical (unpaired) electrons. The Balaban J connectivity index is 2.04. The van der Waals surface area contributed by atoms with Gasteiger partial charge in [-0.25, -0.2) is 4.79 Å². The van der Waals surface area contributed by atoms with Crippen LogP contribution in [0, 0.1) is 5.92 Å². The molecule has 0 aromatic heterocycles. The predicted octanol–water partition coefficient (Wildman–Crippen LogP) is 3.33. The lowest BCUT2D eigenvalue weighted by molar-refractivity contribution is 0.00310. The second-order valence-corrected chi connectivity index (χ2v) is 7.25. The molecule has 1 saturated heterocycles. The summed E-state index contributed by atoms with van der Waals surface area (Å²) in [5.74, 6) is 0.229. The summed E-state index contributed by atoms with van der Waals surface area (Å²) in [4.78, 5) is 14.2. The third kappa shape index (κ3) is 3.87. The van der Waals surface area contributed by atoms with Gasteiger partial charge in [-0.3, -0.25) is 0 Å². The van der Waals surface area contributed by atoms with E-state index in [4.69, 9.17) is 4.74 Å². The molecule has 3 atom stereocenters. The maximum absolute atomic E-state index is 12.3. The molecule has 2 aliphatic rings. The molecule has 1 N–H and O–H groups in total. The largest absolute Gasteiger partial charge is 0.444 e. The number of hydrogen-bond donors (Lipinski definition) is 1. The first kappa shape index (κ1) is 15.6. The van der Waals surface area contributed by atoms with Crippen LogP contribution in [0.1, 0.15) is 65.7 Å². The topological polar surface area (TPSA) is 49.8 Å². The van der Waals surface area contributed by atoms with E-state index in [1.54, 1.807) is 0 Å². The number of amides is 1. The summed E-state index contributed by atoms with van der Waals surface area (Å²) >= 11 is 0. The lowest BCUT2D eigenvalue weighted by atomic mass is 9.88. The first-order valence-corrected chi connectivity index (χ1v) is 8.06. The molecule has 0 aromatic carbocycles. The van der Waals surface area contributed by atoms with Crippen molar-refractivity contribution in [2.24, 2.45) is 5.92 Å². The van der Waals surface area contributed by atoms with E-state index < -0.39 is 5.60 Å². The average molecular weight is 283 g/mol. The van der Waals surface area contributed by atoms with Crippen molar-refractivity contribution in [3.05, 3.63) is 0 Å². The third-order valence-electron chi connectivity index (χ3n) is 4.45. The van der Waals surface area contributed by atoms with Gasteiger partial charge in [0, 0.05) is 18.5 Å². The van der Waals surface area contributed by atoms with Crippen LogP contribution in [0.5, 0.6) is 0 Å². The normalized spacial score (nSPS) is 32.0. The van der Waals surface area contributed by atoms with Crippen molar-refractivity contribution in [3.63, 3.8) is 0 Å². The van der Waals surface area contributed by atoms with Gasteiger partial charge in [-0.2, -0.15) is 0 Å². The zero-order valence-electron chi connectivity index (χ0n) is 13.1. The highest BCUT2D eigenvalue weighted by Gasteiger charge is 2.39. The average Bonchev–Trinajstić information content (AvgIpc) is 2.71. The molecule has 3 unspecified atom stereocenters. The number of carbonyl (C=O) groups is 1. The first-order valence-electron chi connectivity index (χ1n) is 8.06. The molecule has 1 heterocycles. The first-order chi connectivity index (χ1) is 9.38. The Morgan fingerprint density at radius 1 is 1.10 bits per heavy atom. The highest BCUT2D eigenvalue weighted by Crippen LogP contribution is 2.34. The number of aliphatic hydroxyl groups is 1. The molecule has 1 aliphatic carbocycles. The highest BCUT2D eigenvalue weighted by atomic mass is 16.6. The van der Waals surface area contributed by atoms with Crippen LogP contribution in [0.15, 0.2) is 0 Å². The maximum Gasteiger partial charge on any atom is 0.410 e. The van der Waals surface area contributed by atoms with Crippen LogP contribution in [0.25, 0.3) is 0 Å². The lowest BCUT2D eigenvalue weighted by Crippen LogP contribution is -2.45. The van der Waals surface area contributed by atoms with Crippen molar-refractivity contribution >= 4 is 6.09 Å². The van der Waals surface area contributed by atoms with Crippen molar-refractivity contribution in [3.8, 4) is 0 Å². The van der Waals surface area contributed by atoms with Crippen LogP contribution in [0.2, 0.25) is 0 Å². The molecular formula is C16H29NO3. The standard InChI is InChI=1S/C16H29NO3/c1-16(2,3)20-15(19)17-11-7-9-13(17)12-8-5-4-6-10-14(12)18/h12-14,18H,4-11H2,1-3H3. The number of hydrogen-bond acceptors (Lipinski definition) is 3. The molecule has 2 rings (SSSR count). The van der Waals surface area contributed by atoms with E-state index in [9.17, 15) is 9.90 Å². The van der Waals surface area contributed by atoms with Crippen LogP contribution in [-0.2, 0) is 4.74 Å². The monoisotopic (exact) mass is 283 g/mol. The highest BCUT2D eigenvalue weighted by molar-refractivity contribution is 5.69. The van der Waals surface area contributed by atoms with Crippen LogP contribution in [-0.4, -0.2) is 40.4 Å². The van der Waals surface area contributed by atoms with E-state index in [2.05, 4.69) is 0 Å². The zero-order valence-corrected chi connectivity index (χ0v) is 13.1. The predicted molar refractivity (Wildman–Crippen MR) is 78.5 cm³/mol.